The normalized spacial score (nSPS) is 17.5. The molecule has 158 valence electrons. The molecule has 4 aromatic rings. The van der Waals surface area contributed by atoms with Gasteiger partial charge in [0.05, 0.1) is 12.2 Å². The van der Waals surface area contributed by atoms with Crippen molar-refractivity contribution in [1.82, 2.24) is 19.2 Å². The highest BCUT2D eigenvalue weighted by Crippen LogP contribution is 2.44. The molecule has 0 amide bonds. The molecule has 0 fully saturated rings. The summed E-state index contributed by atoms with van der Waals surface area (Å²) in [7, 11) is 0. The zero-order chi connectivity index (χ0) is 21.6. The Bertz CT molecular complexity index is 1320. The second kappa shape index (κ2) is 7.68. The van der Waals surface area contributed by atoms with Gasteiger partial charge in [0, 0.05) is 16.5 Å². The van der Waals surface area contributed by atoms with E-state index in [4.69, 9.17) is 0 Å². The first-order chi connectivity index (χ1) is 15.1. The van der Waals surface area contributed by atoms with Crippen LogP contribution in [0.25, 0.3) is 17.0 Å². The van der Waals surface area contributed by atoms with Crippen LogP contribution >= 0.6 is 11.8 Å². The molecule has 6 heteroatoms. The maximum atomic E-state index is 14.1. The molecule has 1 atom stereocenters. The van der Waals surface area contributed by atoms with Crippen LogP contribution in [0.2, 0.25) is 0 Å². The average molecular weight is 431 g/mol. The van der Waals surface area contributed by atoms with E-state index < -0.39 is 0 Å². The lowest BCUT2D eigenvalue weighted by molar-refractivity contribution is 0.435. The summed E-state index contributed by atoms with van der Waals surface area (Å²) in [5, 5.41) is 9.84. The van der Waals surface area contributed by atoms with Gasteiger partial charge in [-0.25, -0.2) is 0 Å². The van der Waals surface area contributed by atoms with Crippen LogP contribution in [0.5, 0.6) is 0 Å². The van der Waals surface area contributed by atoms with Crippen molar-refractivity contribution in [2.24, 2.45) is 0 Å². The molecule has 0 unspecified atom stereocenters. The molecule has 2 heterocycles. The van der Waals surface area contributed by atoms with Gasteiger partial charge in [-0.05, 0) is 29.7 Å². The van der Waals surface area contributed by atoms with Crippen LogP contribution < -0.4 is 5.56 Å². The first-order valence-corrected chi connectivity index (χ1v) is 11.8. The summed E-state index contributed by atoms with van der Waals surface area (Å²) in [6.07, 6.45) is 1.75. The van der Waals surface area contributed by atoms with Crippen LogP contribution in [0, 0.1) is 0 Å². The van der Waals surface area contributed by atoms with E-state index >= 15 is 0 Å². The fraction of sp³-hybridized carbons (Fsp3) is 0.320. The zero-order valence-corrected chi connectivity index (χ0v) is 18.9. The Morgan fingerprint density at radius 1 is 1.03 bits per heavy atom. The highest BCUT2D eigenvalue weighted by Gasteiger charge is 2.39. The van der Waals surface area contributed by atoms with E-state index in [-0.39, 0.29) is 11.0 Å². The van der Waals surface area contributed by atoms with E-state index in [1.54, 1.807) is 11.8 Å². The van der Waals surface area contributed by atoms with Crippen molar-refractivity contribution in [3.8, 4) is 11.3 Å². The molecule has 2 aromatic carbocycles. The largest absolute Gasteiger partial charge is 0.272 e. The van der Waals surface area contributed by atoms with Gasteiger partial charge in [-0.15, -0.1) is 10.2 Å². The molecule has 0 aliphatic heterocycles. The first-order valence-electron chi connectivity index (χ1n) is 10.8. The highest BCUT2D eigenvalue weighted by atomic mass is 32.2. The number of thioether (sulfide) groups is 1. The summed E-state index contributed by atoms with van der Waals surface area (Å²) in [5.74, 6) is 1.50. The quantitative estimate of drug-likeness (QED) is 0.421. The molecular weight excluding hydrogens is 404 g/mol. The van der Waals surface area contributed by atoms with E-state index in [2.05, 4.69) is 71.8 Å². The predicted octanol–water partition coefficient (Wildman–Crippen LogP) is 4.94. The summed E-state index contributed by atoms with van der Waals surface area (Å²) in [6.45, 7) is 6.99. The lowest BCUT2D eigenvalue weighted by atomic mass is 9.69. The van der Waals surface area contributed by atoms with Crippen molar-refractivity contribution < 1.29 is 0 Å². The molecular formula is C25H26N4OS. The average Bonchev–Trinajstić information content (AvgIpc) is 3.20. The van der Waals surface area contributed by atoms with Crippen LogP contribution in [0.4, 0.5) is 0 Å². The van der Waals surface area contributed by atoms with Crippen molar-refractivity contribution in [3.63, 3.8) is 0 Å². The number of benzene rings is 2. The molecule has 0 N–H and O–H groups in total. The first kappa shape index (κ1) is 20.1. The van der Waals surface area contributed by atoms with Crippen LogP contribution in [-0.2, 0) is 18.4 Å². The van der Waals surface area contributed by atoms with Gasteiger partial charge in [0.1, 0.15) is 0 Å². The molecule has 0 radical (unpaired) electrons. The van der Waals surface area contributed by atoms with Gasteiger partial charge in [-0.3, -0.25) is 13.8 Å². The van der Waals surface area contributed by atoms with Gasteiger partial charge < -0.3 is 0 Å². The number of rotatable bonds is 5. The molecule has 0 spiro atoms. The van der Waals surface area contributed by atoms with Crippen molar-refractivity contribution >= 4 is 17.5 Å². The number of hydrogen-bond acceptors (Lipinski definition) is 4. The molecule has 2 aromatic heterocycles. The highest BCUT2D eigenvalue weighted by molar-refractivity contribution is 7.99. The summed E-state index contributed by atoms with van der Waals surface area (Å²) in [6, 6.07) is 18.6. The molecule has 1 aliphatic carbocycles. The third kappa shape index (κ3) is 3.12. The summed E-state index contributed by atoms with van der Waals surface area (Å²) in [4.78, 5) is 14.1. The summed E-state index contributed by atoms with van der Waals surface area (Å²) in [5.41, 5.74) is 5.13. The molecule has 5 nitrogen and oxygen atoms in total. The molecule has 5 rings (SSSR count). The van der Waals surface area contributed by atoms with Crippen molar-refractivity contribution in [2.45, 2.75) is 50.7 Å². The molecule has 0 saturated carbocycles. The van der Waals surface area contributed by atoms with Crippen LogP contribution in [-0.4, -0.2) is 24.9 Å². The lowest BCUT2D eigenvalue weighted by Gasteiger charge is -2.36. The van der Waals surface area contributed by atoms with Crippen molar-refractivity contribution in [3.05, 3.63) is 81.6 Å². The monoisotopic (exact) mass is 430 g/mol. The summed E-state index contributed by atoms with van der Waals surface area (Å²) < 4.78 is 3.93. The third-order valence-corrected chi connectivity index (χ3v) is 7.28. The fourth-order valence-electron chi connectivity index (χ4n) is 4.72. The van der Waals surface area contributed by atoms with E-state index in [0.29, 0.717) is 12.3 Å². The Balaban J connectivity index is 1.91. The Morgan fingerprint density at radius 2 is 1.77 bits per heavy atom. The van der Waals surface area contributed by atoms with Crippen LogP contribution in [0.3, 0.4) is 0 Å². The minimum absolute atomic E-state index is 0.0469. The Morgan fingerprint density at radius 3 is 2.52 bits per heavy atom. The lowest BCUT2D eigenvalue weighted by Crippen LogP contribution is -2.40. The van der Waals surface area contributed by atoms with Gasteiger partial charge in [0.2, 0.25) is 5.78 Å². The second-order valence-electron chi connectivity index (χ2n) is 8.40. The number of aromatic nitrogens is 4. The van der Waals surface area contributed by atoms with E-state index in [9.17, 15) is 4.79 Å². The zero-order valence-electron chi connectivity index (χ0n) is 18.1. The Hall–Kier alpha value is -2.86. The van der Waals surface area contributed by atoms with Gasteiger partial charge >= 0.3 is 0 Å². The van der Waals surface area contributed by atoms with Gasteiger partial charge in [-0.2, -0.15) is 0 Å². The number of hydrogen-bond donors (Lipinski definition) is 0. The Kier molecular flexibility index (Phi) is 4.97. The van der Waals surface area contributed by atoms with Gasteiger partial charge in [-0.1, -0.05) is 87.1 Å². The molecule has 0 bridgehead atoms. The van der Waals surface area contributed by atoms with Gasteiger partial charge in [0.15, 0.2) is 5.16 Å². The van der Waals surface area contributed by atoms with E-state index in [1.165, 1.54) is 5.56 Å². The fourth-order valence-corrected chi connectivity index (χ4v) is 5.38. The maximum absolute atomic E-state index is 14.1. The smallest absolute Gasteiger partial charge is 0.259 e. The SMILES string of the molecule is CCSc1nnc2n(Cc3ccccc3)c(=O)c3c(n12)-c1ccccc1C[C@@]3(C)CC. The van der Waals surface area contributed by atoms with Crippen LogP contribution in [0.15, 0.2) is 64.5 Å². The minimum atomic E-state index is -0.244. The predicted molar refractivity (Wildman–Crippen MR) is 126 cm³/mol. The molecule has 1 aliphatic rings. The topological polar surface area (TPSA) is 52.2 Å². The second-order valence-corrected chi connectivity index (χ2v) is 9.63. The Labute approximate surface area is 186 Å². The van der Waals surface area contributed by atoms with Gasteiger partial charge in [0.25, 0.3) is 5.56 Å². The molecule has 0 saturated heterocycles. The van der Waals surface area contributed by atoms with E-state index in [0.717, 1.165) is 46.1 Å². The molecule has 31 heavy (non-hydrogen) atoms. The standard InChI is InChI=1S/C25H26N4OS/c1-4-25(3)15-18-13-9-10-14-19(18)21-20(25)22(30)28(16-17-11-7-6-8-12-17)23-26-27-24(29(21)23)31-5-2/h6-14H,4-5,15-16H2,1-3H3/t25-/m1/s1. The number of nitrogens with zero attached hydrogens (tertiary/aromatic N) is 4. The maximum Gasteiger partial charge on any atom is 0.259 e. The third-order valence-electron chi connectivity index (χ3n) is 6.47. The van der Waals surface area contributed by atoms with Crippen LogP contribution in [0.1, 0.15) is 43.9 Å². The van der Waals surface area contributed by atoms with Crippen molar-refractivity contribution in [2.75, 3.05) is 5.75 Å². The summed E-state index contributed by atoms with van der Waals surface area (Å²) >= 11 is 1.66. The minimum Gasteiger partial charge on any atom is -0.272 e. The van der Waals surface area contributed by atoms with Crippen molar-refractivity contribution in [1.29, 1.82) is 0 Å². The number of fused-ring (bicyclic) bond motifs is 5. The van der Waals surface area contributed by atoms with E-state index in [1.807, 2.05) is 22.8 Å².